The maximum absolute atomic E-state index is 10.7. The number of aliphatic imine (C=N–C) groups is 1. The lowest BCUT2D eigenvalue weighted by Gasteiger charge is -2.27. The lowest BCUT2D eigenvalue weighted by molar-refractivity contribution is 0.505. The van der Waals surface area contributed by atoms with Crippen molar-refractivity contribution in [2.75, 3.05) is 0 Å². The topological polar surface area (TPSA) is 62.4 Å². The van der Waals surface area contributed by atoms with Crippen LogP contribution in [0.15, 0.2) is 53.5 Å². The molecule has 0 fully saturated rings. The van der Waals surface area contributed by atoms with Gasteiger partial charge in [-0.1, -0.05) is 50.3 Å². The number of nitrogens with zero attached hydrogens (tertiary/aromatic N) is 2. The fourth-order valence-electron chi connectivity index (χ4n) is 2.96. The quantitative estimate of drug-likeness (QED) is 0.366. The molecule has 0 amide bonds. The Kier molecular flexibility index (Phi) is 6.49. The summed E-state index contributed by atoms with van der Waals surface area (Å²) in [5.41, 5.74) is 4.17. The van der Waals surface area contributed by atoms with Gasteiger partial charge in [0.25, 0.3) is 6.26 Å². The van der Waals surface area contributed by atoms with Gasteiger partial charge in [-0.3, -0.25) is 0 Å². The van der Waals surface area contributed by atoms with Gasteiger partial charge in [0.15, 0.2) is 0 Å². The molecule has 4 heteroatoms. The van der Waals surface area contributed by atoms with Crippen LogP contribution >= 0.6 is 0 Å². The summed E-state index contributed by atoms with van der Waals surface area (Å²) >= 11 is 0. The molecule has 0 N–H and O–H groups in total. The Bertz CT molecular complexity index is 972. The Hall–Kier alpha value is -3.41. The Labute approximate surface area is 160 Å². The summed E-state index contributed by atoms with van der Waals surface area (Å²) in [6, 6.07) is 11.6. The molecule has 0 aliphatic heterocycles. The highest BCUT2D eigenvalue weighted by molar-refractivity contribution is 5.68. The van der Waals surface area contributed by atoms with Crippen LogP contribution in [0.3, 0.4) is 0 Å². The number of hydrogen-bond donors (Lipinski definition) is 0. The second-order valence-electron chi connectivity index (χ2n) is 6.55. The van der Waals surface area contributed by atoms with Crippen LogP contribution in [0.5, 0.6) is 5.75 Å². The SMILES string of the molecule is C/C=C/c1cc(C(C)(C)c2ccc(OC#N)c(/C=C/C)c2)ccc1N=C=O. The number of hydrogen-bond acceptors (Lipinski definition) is 4. The van der Waals surface area contributed by atoms with Gasteiger partial charge < -0.3 is 4.74 Å². The van der Waals surface area contributed by atoms with Gasteiger partial charge >= 0.3 is 0 Å². The molecule has 0 spiro atoms. The van der Waals surface area contributed by atoms with Crippen molar-refractivity contribution in [1.82, 2.24) is 0 Å². The summed E-state index contributed by atoms with van der Waals surface area (Å²) in [5, 5.41) is 8.83. The Morgan fingerprint density at radius 3 is 2.19 bits per heavy atom. The fraction of sp³-hybridized carbons (Fsp3) is 0.217. The van der Waals surface area contributed by atoms with Gasteiger partial charge in [-0.2, -0.15) is 4.99 Å². The normalized spacial score (nSPS) is 11.4. The first-order valence-electron chi connectivity index (χ1n) is 8.66. The van der Waals surface area contributed by atoms with Crippen molar-refractivity contribution in [3.05, 3.63) is 70.8 Å². The summed E-state index contributed by atoms with van der Waals surface area (Å²) < 4.78 is 5.05. The zero-order chi connectivity index (χ0) is 19.9. The molecule has 0 atom stereocenters. The third-order valence-electron chi connectivity index (χ3n) is 4.49. The van der Waals surface area contributed by atoms with E-state index in [2.05, 4.69) is 18.8 Å². The van der Waals surface area contributed by atoms with Crippen molar-refractivity contribution >= 4 is 23.9 Å². The van der Waals surface area contributed by atoms with E-state index in [1.54, 1.807) is 12.3 Å². The number of nitriles is 1. The van der Waals surface area contributed by atoms with Crippen LogP contribution in [0.25, 0.3) is 12.2 Å². The highest BCUT2D eigenvalue weighted by Gasteiger charge is 2.25. The van der Waals surface area contributed by atoms with Crippen LogP contribution in [0.2, 0.25) is 0 Å². The van der Waals surface area contributed by atoms with Gasteiger partial charge in [-0.25, -0.2) is 4.79 Å². The van der Waals surface area contributed by atoms with E-state index < -0.39 is 0 Å². The van der Waals surface area contributed by atoms with Crippen molar-refractivity contribution in [2.24, 2.45) is 4.99 Å². The minimum absolute atomic E-state index is 0.304. The number of carbonyl (C=O) groups excluding carboxylic acids is 1. The predicted octanol–water partition coefficient (Wildman–Crippen LogP) is 5.91. The Balaban J connectivity index is 2.58. The Morgan fingerprint density at radius 1 is 1.00 bits per heavy atom. The zero-order valence-corrected chi connectivity index (χ0v) is 16.0. The smallest absolute Gasteiger partial charge is 0.292 e. The monoisotopic (exact) mass is 358 g/mol. The molecule has 4 nitrogen and oxygen atoms in total. The van der Waals surface area contributed by atoms with Gasteiger partial charge in [0.05, 0.1) is 5.69 Å². The molecule has 27 heavy (non-hydrogen) atoms. The standard InChI is InChI=1S/C23H22N2O2/c1-5-7-17-13-19(9-11-21(17)25-16-26)23(3,4)20-10-12-22(27-15-24)18(14-20)8-6-2/h5-14H,1-4H3/b7-5+,8-6+. The van der Waals surface area contributed by atoms with Crippen molar-refractivity contribution < 1.29 is 9.53 Å². The van der Waals surface area contributed by atoms with E-state index in [0.717, 1.165) is 22.3 Å². The molecular weight excluding hydrogens is 336 g/mol. The first kappa shape index (κ1) is 19.9. The molecule has 0 unspecified atom stereocenters. The second-order valence-corrected chi connectivity index (χ2v) is 6.55. The highest BCUT2D eigenvalue weighted by Crippen LogP contribution is 2.36. The van der Waals surface area contributed by atoms with E-state index in [1.807, 2.05) is 74.5 Å². The van der Waals surface area contributed by atoms with Crippen LogP contribution in [0, 0.1) is 11.5 Å². The fourth-order valence-corrected chi connectivity index (χ4v) is 2.96. The maximum atomic E-state index is 10.7. The minimum atomic E-state index is -0.304. The second kappa shape index (κ2) is 8.80. The van der Waals surface area contributed by atoms with Gasteiger partial charge in [0, 0.05) is 16.5 Å². The average Bonchev–Trinajstić information content (AvgIpc) is 2.65. The van der Waals surface area contributed by atoms with E-state index in [4.69, 9.17) is 10.00 Å². The lowest BCUT2D eigenvalue weighted by atomic mass is 9.77. The summed E-state index contributed by atoms with van der Waals surface area (Å²) in [7, 11) is 0. The maximum Gasteiger partial charge on any atom is 0.292 e. The molecule has 0 aliphatic carbocycles. The van der Waals surface area contributed by atoms with Crippen LogP contribution in [-0.4, -0.2) is 6.08 Å². The zero-order valence-electron chi connectivity index (χ0n) is 16.0. The molecular formula is C23H22N2O2. The van der Waals surface area contributed by atoms with Crippen LogP contribution in [0.1, 0.15) is 49.9 Å². The van der Waals surface area contributed by atoms with Crippen LogP contribution < -0.4 is 4.74 Å². The van der Waals surface area contributed by atoms with Gasteiger partial charge in [0.2, 0.25) is 6.08 Å². The molecule has 136 valence electrons. The van der Waals surface area contributed by atoms with Gasteiger partial charge in [-0.15, -0.1) is 5.26 Å². The van der Waals surface area contributed by atoms with Crippen LogP contribution in [0.4, 0.5) is 5.69 Å². The third kappa shape index (κ3) is 4.41. The minimum Gasteiger partial charge on any atom is -0.387 e. The Morgan fingerprint density at radius 2 is 1.59 bits per heavy atom. The molecule has 0 aliphatic rings. The number of isocyanates is 1. The van der Waals surface area contributed by atoms with Crippen LogP contribution in [-0.2, 0) is 10.2 Å². The number of rotatable bonds is 6. The summed E-state index contributed by atoms with van der Waals surface area (Å²) in [5.74, 6) is 0.528. The van der Waals surface area contributed by atoms with Crippen molar-refractivity contribution in [1.29, 1.82) is 5.26 Å². The summed E-state index contributed by atoms with van der Waals surface area (Å²) in [6.45, 7) is 8.10. The number of allylic oxidation sites excluding steroid dienone is 2. The predicted molar refractivity (Wildman–Crippen MR) is 108 cm³/mol. The molecule has 2 aromatic rings. The molecule has 0 bridgehead atoms. The largest absolute Gasteiger partial charge is 0.387 e. The number of ether oxygens (including phenoxy) is 1. The van der Waals surface area contributed by atoms with E-state index in [0.29, 0.717) is 11.4 Å². The van der Waals surface area contributed by atoms with Crippen molar-refractivity contribution in [3.63, 3.8) is 0 Å². The van der Waals surface area contributed by atoms with E-state index in [1.165, 1.54) is 0 Å². The average molecular weight is 358 g/mol. The third-order valence-corrected chi connectivity index (χ3v) is 4.49. The molecule has 0 saturated carbocycles. The van der Waals surface area contributed by atoms with E-state index in [9.17, 15) is 4.79 Å². The molecule has 2 rings (SSSR count). The lowest BCUT2D eigenvalue weighted by Crippen LogP contribution is -2.19. The number of benzene rings is 2. The summed E-state index contributed by atoms with van der Waals surface area (Å²) in [6.07, 6.45) is 11.0. The molecule has 2 aromatic carbocycles. The first-order chi connectivity index (χ1) is 13.0. The highest BCUT2D eigenvalue weighted by atomic mass is 16.5. The molecule has 0 heterocycles. The van der Waals surface area contributed by atoms with E-state index >= 15 is 0 Å². The summed E-state index contributed by atoms with van der Waals surface area (Å²) in [4.78, 5) is 14.4. The van der Waals surface area contributed by atoms with Gasteiger partial charge in [-0.05, 0) is 49.2 Å². The first-order valence-corrected chi connectivity index (χ1v) is 8.66. The van der Waals surface area contributed by atoms with Crippen molar-refractivity contribution in [3.8, 4) is 12.0 Å². The molecule has 0 radical (unpaired) electrons. The molecule has 0 aromatic heterocycles. The van der Waals surface area contributed by atoms with E-state index in [-0.39, 0.29) is 5.41 Å². The van der Waals surface area contributed by atoms with Gasteiger partial charge in [0.1, 0.15) is 5.75 Å². The van der Waals surface area contributed by atoms with Crippen molar-refractivity contribution in [2.45, 2.75) is 33.1 Å². The molecule has 0 saturated heterocycles.